The van der Waals surface area contributed by atoms with Crippen LogP contribution in [0.3, 0.4) is 0 Å². The van der Waals surface area contributed by atoms with E-state index in [9.17, 15) is 4.79 Å². The first-order valence-corrected chi connectivity index (χ1v) is 8.31. The van der Waals surface area contributed by atoms with Crippen LogP contribution in [-0.2, 0) is 4.79 Å². The number of piperidine rings is 1. The maximum Gasteiger partial charge on any atom is 0.222 e. The molecule has 1 N–H and O–H groups in total. The zero-order valence-electron chi connectivity index (χ0n) is 12.5. The number of carbonyl (C=O) groups excluding carboxylic acids is 1. The second-order valence-electron chi connectivity index (χ2n) is 6.87. The van der Waals surface area contributed by atoms with Crippen molar-refractivity contribution in [3.05, 3.63) is 0 Å². The van der Waals surface area contributed by atoms with Crippen molar-refractivity contribution >= 4 is 18.3 Å². The van der Waals surface area contributed by atoms with E-state index in [0.29, 0.717) is 11.8 Å². The van der Waals surface area contributed by atoms with Gasteiger partial charge in [0.05, 0.1) is 0 Å². The van der Waals surface area contributed by atoms with Gasteiger partial charge in [0.15, 0.2) is 0 Å². The van der Waals surface area contributed by atoms with Crippen molar-refractivity contribution in [1.82, 2.24) is 10.2 Å². The normalized spacial score (nSPS) is 31.3. The number of rotatable bonds is 2. The third-order valence-electron chi connectivity index (χ3n) is 5.50. The molecule has 2 unspecified atom stereocenters. The highest BCUT2D eigenvalue weighted by Crippen LogP contribution is 2.29. The van der Waals surface area contributed by atoms with E-state index in [2.05, 4.69) is 10.2 Å². The lowest BCUT2D eigenvalue weighted by Crippen LogP contribution is -2.43. The average Bonchev–Trinajstić information content (AvgIpc) is 2.75. The first-order chi connectivity index (χ1) is 9.33. The molecule has 2 atom stereocenters. The summed E-state index contributed by atoms with van der Waals surface area (Å²) >= 11 is 0. The van der Waals surface area contributed by atoms with Gasteiger partial charge in [-0.3, -0.25) is 4.79 Å². The molecule has 2 heterocycles. The Bertz CT molecular complexity index is 316. The first-order valence-electron chi connectivity index (χ1n) is 8.31. The Kier molecular flexibility index (Phi) is 6.16. The summed E-state index contributed by atoms with van der Waals surface area (Å²) in [5.74, 6) is 2.68. The summed E-state index contributed by atoms with van der Waals surface area (Å²) in [6.45, 7) is 4.32. The Morgan fingerprint density at radius 3 is 2.45 bits per heavy atom. The zero-order chi connectivity index (χ0) is 13.1. The highest BCUT2D eigenvalue weighted by molar-refractivity contribution is 5.85. The molecule has 0 aromatic rings. The summed E-state index contributed by atoms with van der Waals surface area (Å²) in [4.78, 5) is 14.6. The number of carbonyl (C=O) groups is 1. The molecule has 0 aromatic carbocycles. The predicted molar refractivity (Wildman–Crippen MR) is 84.1 cm³/mol. The van der Waals surface area contributed by atoms with Gasteiger partial charge in [0, 0.05) is 19.5 Å². The Balaban J connectivity index is 0.00000147. The summed E-state index contributed by atoms with van der Waals surface area (Å²) in [6, 6.07) is 0. The number of hydrogen-bond donors (Lipinski definition) is 1. The van der Waals surface area contributed by atoms with Gasteiger partial charge in [0.1, 0.15) is 0 Å². The van der Waals surface area contributed by atoms with Crippen molar-refractivity contribution < 1.29 is 4.79 Å². The van der Waals surface area contributed by atoms with Crippen LogP contribution in [-0.4, -0.2) is 37.0 Å². The maximum atomic E-state index is 12.5. The molecule has 0 spiro atoms. The number of hydrogen-bond acceptors (Lipinski definition) is 2. The summed E-state index contributed by atoms with van der Waals surface area (Å²) in [5, 5.41) is 3.48. The molecule has 1 aliphatic carbocycles. The smallest absolute Gasteiger partial charge is 0.222 e. The summed E-state index contributed by atoms with van der Waals surface area (Å²) in [6.07, 6.45) is 10.0. The van der Waals surface area contributed by atoms with Gasteiger partial charge in [0.25, 0.3) is 0 Å². The Labute approximate surface area is 129 Å². The summed E-state index contributed by atoms with van der Waals surface area (Å²) < 4.78 is 0. The molecular formula is C16H29ClN2O. The number of halogens is 1. The molecule has 3 aliphatic rings. The van der Waals surface area contributed by atoms with E-state index in [1.54, 1.807) is 0 Å². The molecule has 0 bridgehead atoms. The van der Waals surface area contributed by atoms with E-state index in [4.69, 9.17) is 0 Å². The van der Waals surface area contributed by atoms with Crippen LogP contribution < -0.4 is 5.32 Å². The predicted octanol–water partition coefficient (Wildman–Crippen LogP) is 2.84. The molecular weight excluding hydrogens is 272 g/mol. The zero-order valence-corrected chi connectivity index (χ0v) is 13.3. The molecule has 4 heteroatoms. The Morgan fingerprint density at radius 2 is 1.70 bits per heavy atom. The maximum absolute atomic E-state index is 12.5. The summed E-state index contributed by atoms with van der Waals surface area (Å²) in [7, 11) is 0. The monoisotopic (exact) mass is 300 g/mol. The van der Waals surface area contributed by atoms with Crippen molar-refractivity contribution in [2.24, 2.45) is 17.8 Å². The fourth-order valence-corrected chi connectivity index (χ4v) is 4.21. The van der Waals surface area contributed by atoms with Crippen LogP contribution in [0.5, 0.6) is 0 Å². The molecule has 3 nitrogen and oxygen atoms in total. The molecule has 1 amide bonds. The van der Waals surface area contributed by atoms with E-state index in [-0.39, 0.29) is 12.4 Å². The quantitative estimate of drug-likeness (QED) is 0.795. The largest absolute Gasteiger partial charge is 0.342 e. The van der Waals surface area contributed by atoms with Crippen molar-refractivity contribution in [2.45, 2.75) is 51.4 Å². The van der Waals surface area contributed by atoms with Gasteiger partial charge in [-0.2, -0.15) is 0 Å². The molecule has 3 rings (SSSR count). The lowest BCUT2D eigenvalue weighted by atomic mass is 9.88. The lowest BCUT2D eigenvalue weighted by molar-refractivity contribution is -0.134. The minimum Gasteiger partial charge on any atom is -0.342 e. The highest BCUT2D eigenvalue weighted by atomic mass is 35.5. The van der Waals surface area contributed by atoms with E-state index in [1.165, 1.54) is 51.5 Å². The topological polar surface area (TPSA) is 32.3 Å². The fraction of sp³-hybridized carbons (Fsp3) is 0.938. The third kappa shape index (κ3) is 3.88. The number of amides is 1. The van der Waals surface area contributed by atoms with Gasteiger partial charge in [-0.15, -0.1) is 12.4 Å². The first kappa shape index (κ1) is 16.1. The van der Waals surface area contributed by atoms with E-state index in [0.717, 1.165) is 37.9 Å². The molecule has 20 heavy (non-hydrogen) atoms. The van der Waals surface area contributed by atoms with Crippen molar-refractivity contribution in [1.29, 1.82) is 0 Å². The van der Waals surface area contributed by atoms with Gasteiger partial charge in [-0.25, -0.2) is 0 Å². The number of fused-ring (bicyclic) bond motifs is 1. The van der Waals surface area contributed by atoms with Crippen LogP contribution in [0.1, 0.15) is 51.4 Å². The van der Waals surface area contributed by atoms with Crippen molar-refractivity contribution in [3.8, 4) is 0 Å². The molecule has 2 aliphatic heterocycles. The van der Waals surface area contributed by atoms with Gasteiger partial charge in [-0.05, 0) is 50.1 Å². The van der Waals surface area contributed by atoms with Gasteiger partial charge < -0.3 is 10.2 Å². The lowest BCUT2D eigenvalue weighted by Gasteiger charge is -2.35. The summed E-state index contributed by atoms with van der Waals surface area (Å²) in [5.41, 5.74) is 0. The second-order valence-corrected chi connectivity index (χ2v) is 6.87. The van der Waals surface area contributed by atoms with E-state index < -0.39 is 0 Å². The van der Waals surface area contributed by atoms with Crippen molar-refractivity contribution in [2.75, 3.05) is 26.2 Å². The second kappa shape index (κ2) is 7.65. The number of likely N-dealkylation sites (tertiary alicyclic amines) is 1. The van der Waals surface area contributed by atoms with Crippen LogP contribution in [0.4, 0.5) is 0 Å². The number of nitrogens with one attached hydrogen (secondary N) is 1. The molecule has 116 valence electrons. The molecule has 2 saturated heterocycles. The minimum absolute atomic E-state index is 0. The van der Waals surface area contributed by atoms with Crippen molar-refractivity contribution in [3.63, 3.8) is 0 Å². The fourth-order valence-electron chi connectivity index (χ4n) is 4.21. The van der Waals surface area contributed by atoms with Gasteiger partial charge >= 0.3 is 0 Å². The number of nitrogens with zero attached hydrogens (tertiary/aromatic N) is 1. The third-order valence-corrected chi connectivity index (χ3v) is 5.50. The van der Waals surface area contributed by atoms with Crippen LogP contribution in [0, 0.1) is 17.8 Å². The molecule has 0 aromatic heterocycles. The molecule has 3 fully saturated rings. The van der Waals surface area contributed by atoms with Crippen LogP contribution in [0.25, 0.3) is 0 Å². The molecule has 0 radical (unpaired) electrons. The molecule has 1 saturated carbocycles. The van der Waals surface area contributed by atoms with Crippen LogP contribution in [0.15, 0.2) is 0 Å². The minimum atomic E-state index is 0. The van der Waals surface area contributed by atoms with E-state index >= 15 is 0 Å². The highest BCUT2D eigenvalue weighted by Gasteiger charge is 2.34. The van der Waals surface area contributed by atoms with E-state index in [1.807, 2.05) is 0 Å². The SMILES string of the molecule is Cl.O=C(CC1CCCCCC1)N1CCC2CNCC2C1. The Hall–Kier alpha value is -0.280. The van der Waals surface area contributed by atoms with Gasteiger partial charge in [0.2, 0.25) is 5.91 Å². The van der Waals surface area contributed by atoms with Crippen LogP contribution in [0.2, 0.25) is 0 Å². The van der Waals surface area contributed by atoms with Gasteiger partial charge in [-0.1, -0.05) is 25.7 Å². The average molecular weight is 301 g/mol. The van der Waals surface area contributed by atoms with Crippen LogP contribution >= 0.6 is 12.4 Å². The Morgan fingerprint density at radius 1 is 1.00 bits per heavy atom. The standard InChI is InChI=1S/C16H28N2O.ClH/c19-16(9-13-5-3-1-2-4-6-13)18-8-7-14-10-17-11-15(14)12-18;/h13-15,17H,1-12H2;1H.